The number of carbonyl (C=O) groups excluding carboxylic acids is 1. The van der Waals surface area contributed by atoms with Gasteiger partial charge in [-0.1, -0.05) is 30.3 Å². The van der Waals surface area contributed by atoms with Gasteiger partial charge in [0, 0.05) is 43.3 Å². The molecule has 11 N–H and O–H groups in total. The third kappa shape index (κ3) is 10.7. The van der Waals surface area contributed by atoms with Gasteiger partial charge in [0.05, 0.1) is 37.1 Å². The van der Waals surface area contributed by atoms with Crippen molar-refractivity contribution >= 4 is 23.6 Å². The fourth-order valence-corrected chi connectivity index (χ4v) is 6.65. The number of esters is 1. The number of aromatic hydroxyl groups is 1. The summed E-state index contributed by atoms with van der Waals surface area (Å²) in [5.41, 5.74) is 4.95. The van der Waals surface area contributed by atoms with E-state index in [0.29, 0.717) is 25.8 Å². The van der Waals surface area contributed by atoms with Crippen LogP contribution in [0.5, 0.6) is 28.7 Å². The van der Waals surface area contributed by atoms with Gasteiger partial charge in [0.15, 0.2) is 35.7 Å². The Morgan fingerprint density at radius 2 is 1.81 bits per heavy atom. The lowest BCUT2D eigenvalue weighted by Gasteiger charge is -2.48. The Balaban J connectivity index is 1.43. The van der Waals surface area contributed by atoms with Crippen molar-refractivity contribution in [3.05, 3.63) is 70.8 Å². The second kappa shape index (κ2) is 20.4. The van der Waals surface area contributed by atoms with Gasteiger partial charge in [-0.2, -0.15) is 0 Å². The first-order valence-electron chi connectivity index (χ1n) is 19.0. The summed E-state index contributed by atoms with van der Waals surface area (Å²) >= 11 is 0. The maximum Gasteiger partial charge on any atom is 0.338 e. The zero-order valence-corrected chi connectivity index (χ0v) is 32.7. The van der Waals surface area contributed by atoms with Crippen molar-refractivity contribution in [3.8, 4) is 28.7 Å². The van der Waals surface area contributed by atoms with Crippen LogP contribution >= 0.6 is 0 Å². The van der Waals surface area contributed by atoms with Crippen molar-refractivity contribution < 1.29 is 73.8 Å². The van der Waals surface area contributed by atoms with E-state index in [-0.39, 0.29) is 89.7 Å². The lowest BCUT2D eigenvalue weighted by Crippen LogP contribution is -2.67. The molecular formula is C40H52N4O15. The predicted octanol–water partition coefficient (Wildman–Crippen LogP) is 0.886. The van der Waals surface area contributed by atoms with Crippen LogP contribution in [0.25, 0.3) is 0 Å². The van der Waals surface area contributed by atoms with Gasteiger partial charge in [-0.25, -0.2) is 14.6 Å². The smallest absolute Gasteiger partial charge is 0.338 e. The minimum Gasteiger partial charge on any atom is -0.502 e. The Morgan fingerprint density at radius 3 is 2.51 bits per heavy atom. The Bertz CT molecular complexity index is 1930. The fourth-order valence-electron chi connectivity index (χ4n) is 6.65. The number of nitrogens with one attached hydrogen (secondary N) is 2. The molecule has 3 aromatic rings. The van der Waals surface area contributed by atoms with Crippen LogP contribution in [0.4, 0.5) is 5.69 Å². The predicted molar refractivity (Wildman–Crippen MR) is 210 cm³/mol. The number of phenols is 1. The standard InChI is InChI=1S/C40H52N4O15/c1-22(19-46)44-27-18-29(28(17-26(27)36(51)52)57-21-43-39(41)42-13-6-7-14-45)58-38-33(49)32(48)35(50)40(59-38)12-10-24-25(37(53)56-20-40)16-30(31(47)34(24)54-2)55-15-11-23-8-4-3-5-9-23/h3-5,8-9,16-18,22,32-33,35,38,44-50H,6-7,10-15,19-21H2,1-2H3,(H,51,52)(H3,41,42,43)/t22-,32-,33-,35+,38-,40-/m1/s1. The lowest BCUT2D eigenvalue weighted by molar-refractivity contribution is -0.320. The summed E-state index contributed by atoms with van der Waals surface area (Å²) in [5, 5.41) is 79.4. The molecule has 0 unspecified atom stereocenters. The van der Waals surface area contributed by atoms with Gasteiger partial charge in [0.25, 0.3) is 0 Å². The molecule has 0 bridgehead atoms. The van der Waals surface area contributed by atoms with E-state index < -0.39 is 61.5 Å². The number of ether oxygens (including phenoxy) is 6. The zero-order valence-electron chi connectivity index (χ0n) is 32.7. The number of benzene rings is 3. The van der Waals surface area contributed by atoms with Crippen molar-refractivity contribution in [2.45, 2.75) is 75.3 Å². The quantitative estimate of drug-likeness (QED) is 0.0369. The van der Waals surface area contributed by atoms with E-state index in [1.807, 2.05) is 30.3 Å². The molecule has 5 rings (SSSR count). The first kappa shape index (κ1) is 44.5. The van der Waals surface area contributed by atoms with Gasteiger partial charge in [0.1, 0.15) is 30.5 Å². The first-order valence-corrected chi connectivity index (χ1v) is 19.0. The van der Waals surface area contributed by atoms with E-state index in [0.717, 1.165) is 11.6 Å². The number of methoxy groups -OCH3 is 1. The molecule has 19 heteroatoms. The molecule has 1 fully saturated rings. The Labute approximate surface area is 339 Å². The molecule has 19 nitrogen and oxygen atoms in total. The Kier molecular flexibility index (Phi) is 15.4. The summed E-state index contributed by atoms with van der Waals surface area (Å²) in [6.07, 6.45) is -5.99. The number of carbonyl (C=O) groups is 2. The molecule has 1 saturated heterocycles. The topological polar surface area (TPSA) is 294 Å². The zero-order chi connectivity index (χ0) is 42.7. The molecule has 0 saturated carbocycles. The van der Waals surface area contributed by atoms with Gasteiger partial charge in [0.2, 0.25) is 12.0 Å². The number of guanidine groups is 1. The number of carboxylic acid groups (broad SMARTS) is 1. The van der Waals surface area contributed by atoms with E-state index in [2.05, 4.69) is 15.6 Å². The van der Waals surface area contributed by atoms with Gasteiger partial charge in [-0.3, -0.25) is 0 Å². The average Bonchev–Trinajstić information content (AvgIpc) is 3.22. The van der Waals surface area contributed by atoms with Crippen LogP contribution in [0.3, 0.4) is 0 Å². The lowest BCUT2D eigenvalue weighted by atomic mass is 9.81. The number of fused-ring (bicyclic) bond motifs is 1. The number of anilines is 1. The largest absolute Gasteiger partial charge is 0.502 e. The molecule has 1 spiro atoms. The summed E-state index contributed by atoms with van der Waals surface area (Å²) in [5.74, 6) is -3.12. The molecule has 6 atom stereocenters. The first-order chi connectivity index (χ1) is 28.3. The normalized spacial score (nSPS) is 22.3. The molecule has 0 aliphatic carbocycles. The molecule has 59 heavy (non-hydrogen) atoms. The number of aromatic carboxylic acids is 1. The van der Waals surface area contributed by atoms with E-state index >= 15 is 0 Å². The second-order valence-corrected chi connectivity index (χ2v) is 14.1. The summed E-state index contributed by atoms with van der Waals surface area (Å²) in [7, 11) is 1.30. The van der Waals surface area contributed by atoms with Crippen LogP contribution in [0, 0.1) is 0 Å². The van der Waals surface area contributed by atoms with Crippen LogP contribution < -0.4 is 35.3 Å². The molecule has 0 amide bonds. The summed E-state index contributed by atoms with van der Waals surface area (Å²) in [6, 6.07) is 12.6. The Morgan fingerprint density at radius 1 is 1.05 bits per heavy atom. The van der Waals surface area contributed by atoms with Gasteiger partial charge < -0.3 is 80.5 Å². The molecule has 0 radical (unpaired) electrons. The number of hydrogen-bond donors (Lipinski definition) is 10. The van der Waals surface area contributed by atoms with Crippen LogP contribution in [0.15, 0.2) is 53.5 Å². The van der Waals surface area contributed by atoms with E-state index in [1.54, 1.807) is 6.92 Å². The summed E-state index contributed by atoms with van der Waals surface area (Å²) in [4.78, 5) is 30.0. The molecular weight excluding hydrogens is 776 g/mol. The van der Waals surface area contributed by atoms with Gasteiger partial charge >= 0.3 is 11.9 Å². The number of aliphatic imine (C=N–C) groups is 1. The number of cyclic esters (lactones) is 1. The summed E-state index contributed by atoms with van der Waals surface area (Å²) < 4.78 is 35.1. The van der Waals surface area contributed by atoms with Crippen molar-refractivity contribution in [1.82, 2.24) is 5.32 Å². The number of aliphatic hydroxyl groups excluding tert-OH is 5. The van der Waals surface area contributed by atoms with E-state index in [9.17, 15) is 40.2 Å². The summed E-state index contributed by atoms with van der Waals surface area (Å²) in [6.45, 7) is 0.788. The maximum absolute atomic E-state index is 13.6. The highest BCUT2D eigenvalue weighted by molar-refractivity contribution is 5.95. The molecule has 2 aliphatic heterocycles. The molecule has 0 aromatic heterocycles. The van der Waals surface area contributed by atoms with Crippen LogP contribution in [-0.2, 0) is 22.3 Å². The second-order valence-electron chi connectivity index (χ2n) is 14.1. The van der Waals surface area contributed by atoms with Crippen LogP contribution in [-0.4, -0.2) is 137 Å². The van der Waals surface area contributed by atoms with E-state index in [1.165, 1.54) is 19.2 Å². The number of unbranched alkanes of at least 4 members (excludes halogenated alkanes) is 1. The highest BCUT2D eigenvalue weighted by Gasteiger charge is 2.56. The number of nitrogens with two attached hydrogens (primary N) is 1. The number of hydrogen-bond acceptors (Lipinski definition) is 16. The molecule has 2 aliphatic rings. The minimum absolute atomic E-state index is 0.00108. The Hall–Kier alpha value is -5.57. The maximum atomic E-state index is 13.6. The number of nitrogens with zero attached hydrogens (tertiary/aromatic N) is 1. The van der Waals surface area contributed by atoms with Crippen molar-refractivity contribution in [2.75, 3.05) is 52.1 Å². The number of rotatable bonds is 18. The number of aliphatic hydroxyl groups is 5. The monoisotopic (exact) mass is 828 g/mol. The highest BCUT2D eigenvalue weighted by atomic mass is 16.7. The fraction of sp³-hybridized carbons (Fsp3) is 0.475. The number of phenolic OH excluding ortho intramolecular Hbond substituents is 1. The SMILES string of the molecule is COc1c(O)c(OCCc2ccccc2)cc2c1CC[C@]1(COC2=O)O[C@@H](Oc2cc(N[C@H](C)CO)c(C(=O)O)cc2OCN=C(N)NCCCCO)[C@H](O)[C@@H](O)[C@@H]1O. The third-order valence-electron chi connectivity index (χ3n) is 9.91. The van der Waals surface area contributed by atoms with Gasteiger partial charge in [-0.15, -0.1) is 0 Å². The molecule has 2 heterocycles. The molecule has 3 aromatic carbocycles. The van der Waals surface area contributed by atoms with Crippen LogP contribution in [0.1, 0.15) is 58.0 Å². The third-order valence-corrected chi connectivity index (χ3v) is 9.91. The van der Waals surface area contributed by atoms with Crippen molar-refractivity contribution in [1.29, 1.82) is 0 Å². The van der Waals surface area contributed by atoms with Crippen LogP contribution in [0.2, 0.25) is 0 Å². The van der Waals surface area contributed by atoms with Crippen molar-refractivity contribution in [3.63, 3.8) is 0 Å². The minimum atomic E-state index is -1.92. The molecule has 322 valence electrons. The number of carboxylic acids is 1. The average molecular weight is 829 g/mol. The van der Waals surface area contributed by atoms with E-state index in [4.69, 9.17) is 39.3 Å². The van der Waals surface area contributed by atoms with Crippen molar-refractivity contribution in [2.24, 2.45) is 10.7 Å². The highest BCUT2D eigenvalue weighted by Crippen LogP contribution is 2.46. The van der Waals surface area contributed by atoms with Gasteiger partial charge in [-0.05, 0) is 44.2 Å².